The zero-order valence-corrected chi connectivity index (χ0v) is 11.3. The third-order valence-corrected chi connectivity index (χ3v) is 3.31. The van der Waals surface area contributed by atoms with E-state index in [1.54, 1.807) is 18.4 Å². The number of alkyl halides is 3. The molecule has 3 nitrogen and oxygen atoms in total. The molecule has 1 atom stereocenters. The van der Waals surface area contributed by atoms with E-state index < -0.39 is 23.7 Å². The number of aromatic nitrogens is 1. The summed E-state index contributed by atoms with van der Waals surface area (Å²) in [5, 5.41) is 4.19. The molecule has 0 radical (unpaired) electrons. The highest BCUT2D eigenvalue weighted by molar-refractivity contribution is 7.07. The van der Waals surface area contributed by atoms with Crippen molar-refractivity contribution in [2.45, 2.75) is 19.1 Å². The highest BCUT2D eigenvalue weighted by atomic mass is 32.1. The number of carbonyl (C=O) groups excluding carboxylic acids is 1. The van der Waals surface area contributed by atoms with E-state index in [9.17, 15) is 18.0 Å². The second-order valence-corrected chi connectivity index (χ2v) is 4.91. The monoisotopic (exact) mass is 300 g/mol. The van der Waals surface area contributed by atoms with E-state index in [0.29, 0.717) is 5.56 Å². The molecule has 0 spiro atoms. The SMILES string of the molecule is CC(NC(=O)c1cscn1)c1cccc(C(F)(F)F)c1. The van der Waals surface area contributed by atoms with Crippen LogP contribution in [0.4, 0.5) is 13.2 Å². The number of carbonyl (C=O) groups is 1. The zero-order chi connectivity index (χ0) is 14.8. The quantitative estimate of drug-likeness (QED) is 0.940. The Morgan fingerprint density at radius 2 is 2.15 bits per heavy atom. The molecule has 0 saturated heterocycles. The minimum Gasteiger partial charge on any atom is -0.344 e. The van der Waals surface area contributed by atoms with Crippen molar-refractivity contribution in [1.82, 2.24) is 10.3 Å². The molecule has 7 heteroatoms. The molecule has 1 unspecified atom stereocenters. The first-order chi connectivity index (χ1) is 9.38. The normalized spacial score (nSPS) is 13.0. The van der Waals surface area contributed by atoms with Gasteiger partial charge >= 0.3 is 6.18 Å². The van der Waals surface area contributed by atoms with Gasteiger partial charge in [0.05, 0.1) is 17.1 Å². The molecule has 1 heterocycles. The van der Waals surface area contributed by atoms with Crippen LogP contribution in [0.1, 0.15) is 34.6 Å². The van der Waals surface area contributed by atoms with E-state index in [-0.39, 0.29) is 5.69 Å². The Kier molecular flexibility index (Phi) is 4.08. The molecule has 0 aliphatic carbocycles. The number of nitrogens with zero attached hydrogens (tertiary/aromatic N) is 1. The summed E-state index contributed by atoms with van der Waals surface area (Å²) in [6.07, 6.45) is -4.39. The molecule has 0 saturated carbocycles. The Bertz CT molecular complexity index is 596. The molecule has 0 aliphatic heterocycles. The number of halogens is 3. The van der Waals surface area contributed by atoms with Crippen LogP contribution in [0.5, 0.6) is 0 Å². The Morgan fingerprint density at radius 1 is 1.40 bits per heavy atom. The fourth-order valence-electron chi connectivity index (χ4n) is 1.66. The second kappa shape index (κ2) is 5.62. The minimum atomic E-state index is -4.39. The molecule has 2 aromatic rings. The van der Waals surface area contributed by atoms with Crippen molar-refractivity contribution in [3.8, 4) is 0 Å². The van der Waals surface area contributed by atoms with Gasteiger partial charge in [0.1, 0.15) is 5.69 Å². The van der Waals surface area contributed by atoms with E-state index in [2.05, 4.69) is 10.3 Å². The van der Waals surface area contributed by atoms with Gasteiger partial charge in [0.2, 0.25) is 0 Å². The first-order valence-electron chi connectivity index (χ1n) is 5.74. The molecule has 1 amide bonds. The summed E-state index contributed by atoms with van der Waals surface area (Å²) in [6.45, 7) is 1.62. The van der Waals surface area contributed by atoms with Crippen LogP contribution in [0, 0.1) is 0 Å². The first-order valence-corrected chi connectivity index (χ1v) is 6.68. The molecule has 0 aliphatic rings. The summed E-state index contributed by atoms with van der Waals surface area (Å²) < 4.78 is 37.9. The predicted octanol–water partition coefficient (Wildman–Crippen LogP) is 3.65. The smallest absolute Gasteiger partial charge is 0.344 e. The van der Waals surface area contributed by atoms with Crippen molar-refractivity contribution in [3.05, 3.63) is 52.0 Å². The fraction of sp³-hybridized carbons (Fsp3) is 0.231. The Hall–Kier alpha value is -1.89. The highest BCUT2D eigenvalue weighted by Crippen LogP contribution is 2.30. The van der Waals surface area contributed by atoms with Gasteiger partial charge in [-0.1, -0.05) is 12.1 Å². The van der Waals surface area contributed by atoms with Gasteiger partial charge in [0, 0.05) is 5.38 Å². The van der Waals surface area contributed by atoms with Gasteiger partial charge < -0.3 is 5.32 Å². The summed E-state index contributed by atoms with van der Waals surface area (Å²) >= 11 is 1.28. The van der Waals surface area contributed by atoms with Gasteiger partial charge in [-0.2, -0.15) is 13.2 Å². The van der Waals surface area contributed by atoms with Gasteiger partial charge in [-0.3, -0.25) is 4.79 Å². The van der Waals surface area contributed by atoms with Gasteiger partial charge in [-0.25, -0.2) is 4.98 Å². The maximum atomic E-state index is 12.6. The topological polar surface area (TPSA) is 42.0 Å². The van der Waals surface area contributed by atoms with Crippen molar-refractivity contribution in [2.24, 2.45) is 0 Å². The number of nitrogens with one attached hydrogen (secondary N) is 1. The van der Waals surface area contributed by atoms with Gasteiger partial charge in [0.25, 0.3) is 5.91 Å². The molecule has 2 rings (SSSR count). The van der Waals surface area contributed by atoms with Gasteiger partial charge in [-0.05, 0) is 24.6 Å². The Balaban J connectivity index is 2.13. The van der Waals surface area contributed by atoms with Crippen LogP contribution in [0.25, 0.3) is 0 Å². The van der Waals surface area contributed by atoms with E-state index in [1.807, 2.05) is 0 Å². The summed E-state index contributed by atoms with van der Waals surface area (Å²) in [5.74, 6) is -0.406. The van der Waals surface area contributed by atoms with E-state index >= 15 is 0 Å². The largest absolute Gasteiger partial charge is 0.416 e. The highest BCUT2D eigenvalue weighted by Gasteiger charge is 2.30. The molecule has 0 fully saturated rings. The summed E-state index contributed by atoms with van der Waals surface area (Å²) in [6, 6.07) is 4.36. The number of amides is 1. The number of benzene rings is 1. The van der Waals surface area contributed by atoms with Crippen LogP contribution in [0.15, 0.2) is 35.2 Å². The Morgan fingerprint density at radius 3 is 2.75 bits per heavy atom. The van der Waals surface area contributed by atoms with Crippen molar-refractivity contribution in [1.29, 1.82) is 0 Å². The van der Waals surface area contributed by atoms with Crippen LogP contribution in [-0.2, 0) is 6.18 Å². The van der Waals surface area contributed by atoms with Crippen molar-refractivity contribution < 1.29 is 18.0 Å². The van der Waals surface area contributed by atoms with Gasteiger partial charge in [0.15, 0.2) is 0 Å². The maximum Gasteiger partial charge on any atom is 0.416 e. The number of rotatable bonds is 3. The lowest BCUT2D eigenvalue weighted by Crippen LogP contribution is -2.27. The molecular formula is C13H11F3N2OS. The minimum absolute atomic E-state index is 0.258. The predicted molar refractivity (Wildman–Crippen MR) is 69.4 cm³/mol. The average molecular weight is 300 g/mol. The van der Waals surface area contributed by atoms with Crippen molar-refractivity contribution in [3.63, 3.8) is 0 Å². The summed E-state index contributed by atoms with van der Waals surface area (Å²) in [4.78, 5) is 15.6. The molecule has 1 aromatic carbocycles. The average Bonchev–Trinajstić information content (AvgIpc) is 2.91. The maximum absolute atomic E-state index is 12.6. The summed E-state index contributed by atoms with van der Waals surface area (Å²) in [5.41, 5.74) is 1.44. The standard InChI is InChI=1S/C13H11F3N2OS/c1-8(18-12(19)11-6-20-7-17-11)9-3-2-4-10(5-9)13(14,15)16/h2-8H,1H3,(H,18,19). The second-order valence-electron chi connectivity index (χ2n) is 4.19. The molecule has 0 bridgehead atoms. The molecule has 1 aromatic heterocycles. The van der Waals surface area contributed by atoms with E-state index in [0.717, 1.165) is 12.1 Å². The molecular weight excluding hydrogens is 289 g/mol. The van der Waals surface area contributed by atoms with Crippen LogP contribution in [0.2, 0.25) is 0 Å². The Labute approximate surface area is 117 Å². The lowest BCUT2D eigenvalue weighted by Gasteiger charge is -2.15. The third kappa shape index (κ3) is 3.36. The van der Waals surface area contributed by atoms with Crippen molar-refractivity contribution in [2.75, 3.05) is 0 Å². The lowest BCUT2D eigenvalue weighted by atomic mass is 10.0. The third-order valence-electron chi connectivity index (χ3n) is 2.73. The van der Waals surface area contributed by atoms with Crippen LogP contribution < -0.4 is 5.32 Å². The van der Waals surface area contributed by atoms with Gasteiger partial charge in [-0.15, -0.1) is 11.3 Å². The number of thiazole rings is 1. The van der Waals surface area contributed by atoms with Crippen LogP contribution in [-0.4, -0.2) is 10.9 Å². The molecule has 106 valence electrons. The van der Waals surface area contributed by atoms with Crippen molar-refractivity contribution >= 4 is 17.2 Å². The fourth-order valence-corrected chi connectivity index (χ4v) is 2.19. The van der Waals surface area contributed by atoms with E-state index in [4.69, 9.17) is 0 Å². The molecule has 20 heavy (non-hydrogen) atoms. The van der Waals surface area contributed by atoms with Crippen LogP contribution >= 0.6 is 11.3 Å². The lowest BCUT2D eigenvalue weighted by molar-refractivity contribution is -0.137. The summed E-state index contributed by atoms with van der Waals surface area (Å²) in [7, 11) is 0. The number of hydrogen-bond donors (Lipinski definition) is 1. The number of hydrogen-bond acceptors (Lipinski definition) is 3. The zero-order valence-electron chi connectivity index (χ0n) is 10.4. The van der Waals surface area contributed by atoms with Crippen LogP contribution in [0.3, 0.4) is 0 Å². The molecule has 1 N–H and O–H groups in total. The first kappa shape index (κ1) is 14.5. The van der Waals surface area contributed by atoms with E-state index in [1.165, 1.54) is 22.9 Å².